The summed E-state index contributed by atoms with van der Waals surface area (Å²) < 4.78 is 5.33. The van der Waals surface area contributed by atoms with Crippen molar-refractivity contribution in [2.75, 3.05) is 0 Å². The molecule has 2 rings (SSSR count). The van der Waals surface area contributed by atoms with E-state index in [2.05, 4.69) is 17.1 Å². The van der Waals surface area contributed by atoms with Crippen molar-refractivity contribution in [2.45, 2.75) is 70.8 Å². The first-order valence-corrected chi connectivity index (χ1v) is 7.37. The maximum atomic E-state index is 5.99. The van der Waals surface area contributed by atoms with Gasteiger partial charge in [0.25, 0.3) is 0 Å². The molecule has 1 unspecified atom stereocenters. The van der Waals surface area contributed by atoms with Crippen molar-refractivity contribution in [3.8, 4) is 0 Å². The molecule has 0 amide bonds. The quantitative estimate of drug-likeness (QED) is 0.815. The van der Waals surface area contributed by atoms with E-state index >= 15 is 0 Å². The van der Waals surface area contributed by atoms with Gasteiger partial charge in [-0.05, 0) is 25.2 Å². The first kappa shape index (κ1) is 13.5. The second-order valence-corrected chi connectivity index (χ2v) is 5.50. The van der Waals surface area contributed by atoms with Crippen LogP contribution in [0.15, 0.2) is 4.52 Å². The molecule has 1 atom stereocenters. The fraction of sp³-hybridized carbons (Fsp3) is 0.857. The highest BCUT2D eigenvalue weighted by atomic mass is 16.5. The molecular weight excluding hydrogens is 226 g/mol. The maximum absolute atomic E-state index is 5.99. The zero-order valence-corrected chi connectivity index (χ0v) is 11.4. The van der Waals surface area contributed by atoms with Crippen LogP contribution in [0.25, 0.3) is 0 Å². The van der Waals surface area contributed by atoms with Gasteiger partial charge in [-0.3, -0.25) is 0 Å². The van der Waals surface area contributed by atoms with Crippen LogP contribution in [0.2, 0.25) is 0 Å². The third-order valence-corrected chi connectivity index (χ3v) is 3.85. The van der Waals surface area contributed by atoms with Crippen molar-refractivity contribution in [2.24, 2.45) is 11.7 Å². The van der Waals surface area contributed by atoms with E-state index in [-0.39, 0.29) is 6.04 Å². The number of aromatic nitrogens is 2. The Hall–Kier alpha value is -0.900. The SMILES string of the molecule is CCCC(N)c1noc(CC2CCCCCC2)n1. The van der Waals surface area contributed by atoms with E-state index < -0.39 is 0 Å². The molecule has 4 heteroatoms. The van der Waals surface area contributed by atoms with Crippen molar-refractivity contribution in [1.29, 1.82) is 0 Å². The van der Waals surface area contributed by atoms with Crippen molar-refractivity contribution >= 4 is 0 Å². The molecule has 1 saturated carbocycles. The Morgan fingerprint density at radius 1 is 1.28 bits per heavy atom. The van der Waals surface area contributed by atoms with Gasteiger partial charge in [-0.1, -0.05) is 44.2 Å². The Labute approximate surface area is 109 Å². The molecule has 4 nitrogen and oxygen atoms in total. The van der Waals surface area contributed by atoms with E-state index in [1.54, 1.807) is 0 Å². The third-order valence-electron chi connectivity index (χ3n) is 3.85. The number of nitrogens with two attached hydrogens (primary N) is 1. The molecule has 0 saturated heterocycles. The molecule has 1 aliphatic rings. The summed E-state index contributed by atoms with van der Waals surface area (Å²) in [4.78, 5) is 4.45. The summed E-state index contributed by atoms with van der Waals surface area (Å²) in [7, 11) is 0. The van der Waals surface area contributed by atoms with Gasteiger partial charge in [-0.15, -0.1) is 0 Å². The molecular formula is C14H25N3O. The van der Waals surface area contributed by atoms with Gasteiger partial charge >= 0.3 is 0 Å². The summed E-state index contributed by atoms with van der Waals surface area (Å²) in [5, 5.41) is 4.01. The van der Waals surface area contributed by atoms with Crippen molar-refractivity contribution in [3.63, 3.8) is 0 Å². The largest absolute Gasteiger partial charge is 0.339 e. The van der Waals surface area contributed by atoms with Crippen LogP contribution >= 0.6 is 0 Å². The Bertz CT molecular complexity index is 343. The molecule has 1 aromatic rings. The van der Waals surface area contributed by atoms with Crippen LogP contribution in [0.1, 0.15) is 76.0 Å². The van der Waals surface area contributed by atoms with Crippen LogP contribution in [0.3, 0.4) is 0 Å². The molecule has 1 heterocycles. The summed E-state index contributed by atoms with van der Waals surface area (Å²) >= 11 is 0. The lowest BCUT2D eigenvalue weighted by molar-refractivity contribution is 0.334. The lowest BCUT2D eigenvalue weighted by Gasteiger charge is -2.10. The topological polar surface area (TPSA) is 64.9 Å². The van der Waals surface area contributed by atoms with Gasteiger partial charge in [0.05, 0.1) is 6.04 Å². The Morgan fingerprint density at radius 2 is 2.00 bits per heavy atom. The zero-order chi connectivity index (χ0) is 12.8. The number of rotatable bonds is 5. The average Bonchev–Trinajstić information content (AvgIpc) is 2.67. The lowest BCUT2D eigenvalue weighted by Crippen LogP contribution is -2.11. The standard InChI is InChI=1S/C14H25N3O/c1-2-7-12(15)14-16-13(18-17-14)10-11-8-5-3-4-6-9-11/h11-12H,2-10,15H2,1H3. The first-order chi connectivity index (χ1) is 8.79. The number of nitrogens with zero attached hydrogens (tertiary/aromatic N) is 2. The third kappa shape index (κ3) is 3.80. The summed E-state index contributed by atoms with van der Waals surface area (Å²) in [5.41, 5.74) is 5.99. The maximum Gasteiger partial charge on any atom is 0.226 e. The first-order valence-electron chi connectivity index (χ1n) is 7.37. The van der Waals surface area contributed by atoms with Crippen LogP contribution in [-0.2, 0) is 6.42 Å². The van der Waals surface area contributed by atoms with E-state index in [9.17, 15) is 0 Å². The van der Waals surface area contributed by atoms with Gasteiger partial charge < -0.3 is 10.3 Å². The minimum Gasteiger partial charge on any atom is -0.339 e. The lowest BCUT2D eigenvalue weighted by atomic mass is 9.97. The van der Waals surface area contributed by atoms with E-state index in [4.69, 9.17) is 10.3 Å². The molecule has 2 N–H and O–H groups in total. The van der Waals surface area contributed by atoms with E-state index in [1.165, 1.54) is 38.5 Å². The van der Waals surface area contributed by atoms with Gasteiger partial charge in [0, 0.05) is 6.42 Å². The molecule has 0 aromatic carbocycles. The molecule has 0 radical (unpaired) electrons. The van der Waals surface area contributed by atoms with Crippen molar-refractivity contribution < 1.29 is 4.52 Å². The number of hydrogen-bond acceptors (Lipinski definition) is 4. The van der Waals surface area contributed by atoms with Crippen LogP contribution in [-0.4, -0.2) is 10.1 Å². The predicted octanol–water partition coefficient (Wildman–Crippen LogP) is 3.38. The normalized spacial score (nSPS) is 19.7. The highest BCUT2D eigenvalue weighted by molar-refractivity contribution is 4.93. The van der Waals surface area contributed by atoms with Crippen LogP contribution in [0.5, 0.6) is 0 Å². The zero-order valence-electron chi connectivity index (χ0n) is 11.4. The Balaban J connectivity index is 1.89. The second kappa shape index (κ2) is 6.88. The Morgan fingerprint density at radius 3 is 2.67 bits per heavy atom. The molecule has 102 valence electrons. The van der Waals surface area contributed by atoms with Crippen LogP contribution < -0.4 is 5.73 Å². The van der Waals surface area contributed by atoms with E-state index in [0.717, 1.165) is 31.1 Å². The predicted molar refractivity (Wildman–Crippen MR) is 71.0 cm³/mol. The monoisotopic (exact) mass is 251 g/mol. The minimum atomic E-state index is -0.0679. The highest BCUT2D eigenvalue weighted by Crippen LogP contribution is 2.25. The molecule has 1 fully saturated rings. The van der Waals surface area contributed by atoms with Gasteiger partial charge in [0.1, 0.15) is 0 Å². The molecule has 0 bridgehead atoms. The highest BCUT2D eigenvalue weighted by Gasteiger charge is 2.18. The average molecular weight is 251 g/mol. The fourth-order valence-corrected chi connectivity index (χ4v) is 2.76. The Kier molecular flexibility index (Phi) is 5.17. The van der Waals surface area contributed by atoms with Gasteiger partial charge in [-0.2, -0.15) is 4.98 Å². The number of hydrogen-bond donors (Lipinski definition) is 1. The van der Waals surface area contributed by atoms with Crippen LogP contribution in [0, 0.1) is 5.92 Å². The fourth-order valence-electron chi connectivity index (χ4n) is 2.76. The van der Waals surface area contributed by atoms with Crippen LogP contribution in [0.4, 0.5) is 0 Å². The second-order valence-electron chi connectivity index (χ2n) is 5.50. The summed E-state index contributed by atoms with van der Waals surface area (Å²) in [6, 6.07) is -0.0679. The summed E-state index contributed by atoms with van der Waals surface area (Å²) in [6.45, 7) is 2.12. The smallest absolute Gasteiger partial charge is 0.226 e. The van der Waals surface area contributed by atoms with E-state index in [0.29, 0.717) is 5.82 Å². The van der Waals surface area contributed by atoms with Gasteiger partial charge in [0.15, 0.2) is 5.82 Å². The molecule has 1 aromatic heterocycles. The van der Waals surface area contributed by atoms with Gasteiger partial charge in [-0.25, -0.2) is 0 Å². The molecule has 18 heavy (non-hydrogen) atoms. The van der Waals surface area contributed by atoms with Crippen molar-refractivity contribution in [1.82, 2.24) is 10.1 Å². The minimum absolute atomic E-state index is 0.0679. The van der Waals surface area contributed by atoms with E-state index in [1.807, 2.05) is 0 Å². The molecule has 1 aliphatic carbocycles. The summed E-state index contributed by atoms with van der Waals surface area (Å²) in [5.74, 6) is 2.19. The summed E-state index contributed by atoms with van der Waals surface area (Å²) in [6.07, 6.45) is 11.0. The van der Waals surface area contributed by atoms with Gasteiger partial charge in [0.2, 0.25) is 5.89 Å². The van der Waals surface area contributed by atoms with Crippen molar-refractivity contribution in [3.05, 3.63) is 11.7 Å². The molecule has 0 spiro atoms. The molecule has 0 aliphatic heterocycles.